The zero-order chi connectivity index (χ0) is 21.0. The summed E-state index contributed by atoms with van der Waals surface area (Å²) in [5.74, 6) is -0.708. The van der Waals surface area contributed by atoms with Crippen LogP contribution >= 0.6 is 0 Å². The van der Waals surface area contributed by atoms with Crippen LogP contribution in [0.2, 0.25) is 0 Å². The van der Waals surface area contributed by atoms with Gasteiger partial charge in [0.05, 0.1) is 16.5 Å². The molecule has 0 saturated carbocycles. The minimum atomic E-state index is -0.595. The van der Waals surface area contributed by atoms with Crippen molar-refractivity contribution in [2.75, 3.05) is 19.0 Å². The van der Waals surface area contributed by atoms with Crippen molar-refractivity contribution in [3.63, 3.8) is 0 Å². The molecule has 1 aromatic heterocycles. The molecule has 0 unspecified atom stereocenters. The molecule has 1 heterocycles. The summed E-state index contributed by atoms with van der Waals surface area (Å²) >= 11 is 0. The second-order valence-corrected chi connectivity index (χ2v) is 6.87. The van der Waals surface area contributed by atoms with Crippen LogP contribution in [0.25, 0.3) is 11.1 Å². The van der Waals surface area contributed by atoms with Gasteiger partial charge in [-0.3, -0.25) is 19.5 Å². The van der Waals surface area contributed by atoms with Crippen molar-refractivity contribution in [1.29, 1.82) is 0 Å². The van der Waals surface area contributed by atoms with Crippen molar-refractivity contribution in [2.45, 2.75) is 25.9 Å². The first-order chi connectivity index (χ1) is 13.8. The average Bonchev–Trinajstić information content (AvgIpc) is 3.01. The van der Waals surface area contributed by atoms with Gasteiger partial charge >= 0.3 is 5.76 Å². The Hall–Kier alpha value is -3.62. The van der Waals surface area contributed by atoms with E-state index in [1.807, 2.05) is 43.3 Å². The fourth-order valence-electron chi connectivity index (χ4n) is 2.98. The molecule has 1 amide bonds. The number of aromatic nitrogens is 1. The molecule has 0 atom stereocenters. The van der Waals surface area contributed by atoms with E-state index in [-0.39, 0.29) is 30.1 Å². The number of hydrogen-bond acceptors (Lipinski definition) is 6. The summed E-state index contributed by atoms with van der Waals surface area (Å²) in [5.41, 5.74) is 2.58. The lowest BCUT2D eigenvalue weighted by molar-refractivity contribution is -0.384. The van der Waals surface area contributed by atoms with Crippen molar-refractivity contribution < 1.29 is 14.1 Å². The lowest BCUT2D eigenvalue weighted by atomic mass is 10.2. The number of hydrogen-bond donors (Lipinski definition) is 1. The smallest absolute Gasteiger partial charge is 0.407 e. The SMILES string of the molecule is CN(C)c1ccc(CNC(=O)CCCn2c(=O)oc3cc([N+](=O)[O-])ccc32)cc1. The largest absolute Gasteiger partial charge is 0.419 e. The highest BCUT2D eigenvalue weighted by Gasteiger charge is 2.14. The maximum absolute atomic E-state index is 12.1. The summed E-state index contributed by atoms with van der Waals surface area (Å²) in [4.78, 5) is 36.4. The Labute approximate surface area is 166 Å². The minimum Gasteiger partial charge on any atom is -0.407 e. The van der Waals surface area contributed by atoms with Gasteiger partial charge in [0, 0.05) is 45.4 Å². The van der Waals surface area contributed by atoms with Crippen molar-refractivity contribution >= 4 is 28.4 Å². The topological polar surface area (TPSA) is 111 Å². The normalized spacial score (nSPS) is 10.8. The number of carbonyl (C=O) groups excluding carboxylic acids is 1. The summed E-state index contributed by atoms with van der Waals surface area (Å²) in [6.45, 7) is 0.722. The average molecular weight is 398 g/mol. The van der Waals surface area contributed by atoms with Crippen molar-refractivity contribution in [3.05, 3.63) is 68.7 Å². The number of fused-ring (bicyclic) bond motifs is 1. The third kappa shape index (κ3) is 4.81. The minimum absolute atomic E-state index is 0.113. The molecule has 9 heteroatoms. The van der Waals surface area contributed by atoms with E-state index in [1.165, 1.54) is 22.8 Å². The first kappa shape index (κ1) is 20.1. The number of aryl methyl sites for hydroxylation is 1. The molecule has 3 rings (SSSR count). The maximum atomic E-state index is 12.1. The van der Waals surface area contributed by atoms with Gasteiger partial charge in [-0.25, -0.2) is 4.79 Å². The number of rotatable bonds is 8. The second kappa shape index (κ2) is 8.59. The molecule has 0 bridgehead atoms. The number of amides is 1. The quantitative estimate of drug-likeness (QED) is 0.461. The van der Waals surface area contributed by atoms with E-state index in [1.54, 1.807) is 0 Å². The van der Waals surface area contributed by atoms with Gasteiger partial charge in [-0.05, 0) is 30.2 Å². The van der Waals surface area contributed by atoms with Crippen LogP contribution in [-0.4, -0.2) is 29.5 Å². The number of anilines is 1. The molecular weight excluding hydrogens is 376 g/mol. The third-order valence-electron chi connectivity index (χ3n) is 4.59. The van der Waals surface area contributed by atoms with Crippen LogP contribution in [0.3, 0.4) is 0 Å². The summed E-state index contributed by atoms with van der Waals surface area (Å²) in [7, 11) is 3.93. The lowest BCUT2D eigenvalue weighted by Crippen LogP contribution is -2.23. The molecule has 0 fully saturated rings. The molecule has 0 spiro atoms. The molecule has 0 saturated heterocycles. The Kier molecular flexibility index (Phi) is 5.96. The monoisotopic (exact) mass is 398 g/mol. The number of nitro groups is 1. The molecule has 0 aliphatic rings. The van der Waals surface area contributed by atoms with E-state index in [4.69, 9.17) is 4.42 Å². The molecule has 9 nitrogen and oxygen atoms in total. The van der Waals surface area contributed by atoms with Crippen molar-refractivity contribution in [2.24, 2.45) is 0 Å². The standard InChI is InChI=1S/C20H22N4O5/c1-22(2)15-7-5-14(6-8-15)13-21-19(25)4-3-11-23-17-10-9-16(24(27)28)12-18(17)29-20(23)26/h5-10,12H,3-4,11,13H2,1-2H3,(H,21,25). The van der Waals surface area contributed by atoms with Crippen molar-refractivity contribution in [1.82, 2.24) is 9.88 Å². The van der Waals surface area contributed by atoms with E-state index < -0.39 is 10.7 Å². The number of non-ortho nitro benzene ring substituents is 1. The van der Waals surface area contributed by atoms with Crippen LogP contribution < -0.4 is 16.0 Å². The van der Waals surface area contributed by atoms with Crippen LogP contribution in [0.4, 0.5) is 11.4 Å². The summed E-state index contributed by atoms with van der Waals surface area (Å²) < 4.78 is 6.46. The first-order valence-corrected chi connectivity index (χ1v) is 9.16. The number of nitrogens with zero attached hydrogens (tertiary/aromatic N) is 3. The zero-order valence-electron chi connectivity index (χ0n) is 16.3. The highest BCUT2D eigenvalue weighted by atomic mass is 16.6. The number of carbonyl (C=O) groups is 1. The molecule has 0 radical (unpaired) electrons. The number of oxazole rings is 1. The van der Waals surface area contributed by atoms with Gasteiger partial charge < -0.3 is 14.6 Å². The van der Waals surface area contributed by atoms with Gasteiger partial charge in [0.1, 0.15) is 0 Å². The van der Waals surface area contributed by atoms with E-state index in [9.17, 15) is 19.7 Å². The molecular formula is C20H22N4O5. The fraction of sp³-hybridized carbons (Fsp3) is 0.300. The highest BCUT2D eigenvalue weighted by Crippen LogP contribution is 2.20. The molecule has 3 aromatic rings. The van der Waals surface area contributed by atoms with Crippen molar-refractivity contribution in [3.8, 4) is 0 Å². The van der Waals surface area contributed by atoms with Crippen LogP contribution in [0, 0.1) is 10.1 Å². The summed E-state index contributed by atoms with van der Waals surface area (Å²) in [6, 6.07) is 11.9. The third-order valence-corrected chi connectivity index (χ3v) is 4.59. The first-order valence-electron chi connectivity index (χ1n) is 9.16. The van der Waals surface area contributed by atoms with E-state index >= 15 is 0 Å². The number of benzene rings is 2. The van der Waals surface area contributed by atoms with Crippen LogP contribution in [-0.2, 0) is 17.9 Å². The van der Waals surface area contributed by atoms with Gasteiger partial charge in [-0.15, -0.1) is 0 Å². The Morgan fingerprint density at radius 1 is 1.21 bits per heavy atom. The Morgan fingerprint density at radius 2 is 1.93 bits per heavy atom. The number of nitro benzene ring substituents is 1. The van der Waals surface area contributed by atoms with Crippen LogP contribution in [0.15, 0.2) is 51.7 Å². The molecule has 0 aliphatic heterocycles. The molecule has 1 N–H and O–H groups in total. The predicted octanol–water partition coefficient (Wildman–Crippen LogP) is 2.67. The number of nitrogens with one attached hydrogen (secondary N) is 1. The van der Waals surface area contributed by atoms with E-state index in [0.29, 0.717) is 18.5 Å². The Bertz CT molecular complexity index is 1080. The molecule has 152 valence electrons. The highest BCUT2D eigenvalue weighted by molar-refractivity contribution is 5.76. The van der Waals surface area contributed by atoms with Crippen LogP contribution in [0.1, 0.15) is 18.4 Å². The van der Waals surface area contributed by atoms with E-state index in [0.717, 1.165) is 11.3 Å². The lowest BCUT2D eigenvalue weighted by Gasteiger charge is -2.13. The van der Waals surface area contributed by atoms with Gasteiger partial charge in [0.25, 0.3) is 5.69 Å². The van der Waals surface area contributed by atoms with Gasteiger partial charge in [0.2, 0.25) is 5.91 Å². The second-order valence-electron chi connectivity index (χ2n) is 6.87. The molecule has 29 heavy (non-hydrogen) atoms. The fourth-order valence-corrected chi connectivity index (χ4v) is 2.98. The predicted molar refractivity (Wildman–Crippen MR) is 109 cm³/mol. The molecule has 2 aromatic carbocycles. The van der Waals surface area contributed by atoms with E-state index in [2.05, 4.69) is 5.32 Å². The Morgan fingerprint density at radius 3 is 2.59 bits per heavy atom. The van der Waals surface area contributed by atoms with Gasteiger partial charge in [-0.2, -0.15) is 0 Å². The summed E-state index contributed by atoms with van der Waals surface area (Å²) in [6.07, 6.45) is 0.693. The Balaban J connectivity index is 1.53. The van der Waals surface area contributed by atoms with Crippen LogP contribution in [0.5, 0.6) is 0 Å². The summed E-state index contributed by atoms with van der Waals surface area (Å²) in [5, 5.41) is 13.7. The zero-order valence-corrected chi connectivity index (χ0v) is 16.3. The van der Waals surface area contributed by atoms with Gasteiger partial charge in [-0.1, -0.05) is 12.1 Å². The maximum Gasteiger partial charge on any atom is 0.419 e. The van der Waals surface area contributed by atoms with Gasteiger partial charge in [0.15, 0.2) is 5.58 Å². The molecule has 0 aliphatic carbocycles.